The largest absolute Gasteiger partial charge is 0.311 e. The van der Waals surface area contributed by atoms with Gasteiger partial charge in [-0.3, -0.25) is 0 Å². The Bertz CT molecular complexity index is 2550. The van der Waals surface area contributed by atoms with E-state index >= 15 is 0 Å². The van der Waals surface area contributed by atoms with Gasteiger partial charge in [-0.05, 0) is 100.0 Å². The van der Waals surface area contributed by atoms with Gasteiger partial charge >= 0.3 is 0 Å². The summed E-state index contributed by atoms with van der Waals surface area (Å²) in [5.74, 6) is 0. The van der Waals surface area contributed by atoms with Crippen LogP contribution in [0.15, 0.2) is 206 Å². The lowest BCUT2D eigenvalue weighted by Crippen LogP contribution is -2.16. The third kappa shape index (κ3) is 5.67. The molecule has 0 saturated heterocycles. The summed E-state index contributed by atoms with van der Waals surface area (Å²) in [4.78, 5) is 2.28. The normalized spacial score (nSPS) is 13.1. The topological polar surface area (TPSA) is 8.17 Å². The van der Waals surface area contributed by atoms with E-state index in [-0.39, 0.29) is 0 Å². The predicted molar refractivity (Wildman–Crippen MR) is 217 cm³/mol. The Labute approximate surface area is 299 Å². The molecule has 51 heavy (non-hydrogen) atoms. The van der Waals surface area contributed by atoms with Crippen LogP contribution in [-0.2, 0) is 6.42 Å². The Kier molecular flexibility index (Phi) is 7.75. The molecule has 2 heterocycles. The fourth-order valence-corrected chi connectivity index (χ4v) is 7.49. The average Bonchev–Trinajstić information content (AvgIpc) is 3.55. The van der Waals surface area contributed by atoms with Gasteiger partial charge in [0.15, 0.2) is 0 Å². The van der Waals surface area contributed by atoms with E-state index in [1.807, 2.05) is 0 Å². The summed E-state index contributed by atoms with van der Waals surface area (Å²) in [6.07, 6.45) is 7.58. The second kappa shape index (κ2) is 13.0. The van der Waals surface area contributed by atoms with Crippen molar-refractivity contribution in [2.75, 3.05) is 4.90 Å². The second-order valence-electron chi connectivity index (χ2n) is 13.1. The molecule has 8 aromatic rings. The van der Waals surface area contributed by atoms with Gasteiger partial charge in [-0.1, -0.05) is 146 Å². The van der Waals surface area contributed by atoms with Crippen LogP contribution in [0.1, 0.15) is 11.1 Å². The minimum Gasteiger partial charge on any atom is -0.311 e. The van der Waals surface area contributed by atoms with Crippen LogP contribution in [0, 0.1) is 0 Å². The van der Waals surface area contributed by atoms with E-state index in [0.29, 0.717) is 0 Å². The lowest BCUT2D eigenvalue weighted by atomic mass is 9.98. The molecule has 0 bridgehead atoms. The number of allylic oxidation sites excluding steroid dienone is 4. The predicted octanol–water partition coefficient (Wildman–Crippen LogP) is 13.0. The molecule has 1 aromatic heterocycles. The third-order valence-corrected chi connectivity index (χ3v) is 9.89. The Morgan fingerprint density at radius 3 is 1.78 bits per heavy atom. The maximum Gasteiger partial charge on any atom is 0.0547 e. The Hall–Kier alpha value is -6.64. The second-order valence-corrected chi connectivity index (χ2v) is 13.1. The summed E-state index contributed by atoms with van der Waals surface area (Å²) in [5.41, 5.74) is 14.9. The van der Waals surface area contributed by atoms with Crippen LogP contribution in [0.5, 0.6) is 0 Å². The summed E-state index contributed by atoms with van der Waals surface area (Å²) in [6, 6.07) is 63.2. The quantitative estimate of drug-likeness (QED) is 0.180. The number of fused-ring (bicyclic) bond motifs is 4. The molecule has 9 rings (SSSR count). The summed E-state index contributed by atoms with van der Waals surface area (Å²) in [7, 11) is 0. The number of anilines is 2. The molecule has 7 aromatic carbocycles. The van der Waals surface area contributed by atoms with Crippen molar-refractivity contribution in [2.24, 2.45) is 0 Å². The zero-order valence-electron chi connectivity index (χ0n) is 28.3. The van der Waals surface area contributed by atoms with Crippen molar-refractivity contribution in [2.45, 2.75) is 6.42 Å². The van der Waals surface area contributed by atoms with Crippen molar-refractivity contribution < 1.29 is 0 Å². The number of hydrogen-bond acceptors (Lipinski definition) is 1. The van der Waals surface area contributed by atoms with Crippen molar-refractivity contribution in [1.29, 1.82) is 0 Å². The molecule has 2 nitrogen and oxygen atoms in total. The Morgan fingerprint density at radius 1 is 0.451 bits per heavy atom. The minimum absolute atomic E-state index is 0.821. The number of aromatic nitrogens is 1. The number of para-hydroxylation sites is 3. The molecule has 0 saturated carbocycles. The maximum absolute atomic E-state index is 4.64. The van der Waals surface area contributed by atoms with Crippen LogP contribution in [0.25, 0.3) is 55.3 Å². The van der Waals surface area contributed by atoms with E-state index in [1.54, 1.807) is 0 Å². The summed E-state index contributed by atoms with van der Waals surface area (Å²) >= 11 is 0. The van der Waals surface area contributed by atoms with E-state index in [2.05, 4.69) is 210 Å². The molecule has 0 radical (unpaired) electrons. The lowest BCUT2D eigenvalue weighted by molar-refractivity contribution is 1.16. The highest BCUT2D eigenvalue weighted by atomic mass is 15.1. The summed E-state index contributed by atoms with van der Waals surface area (Å²) in [5, 5.41) is 2.46. The average molecular weight is 653 g/mol. The minimum atomic E-state index is 0.821. The van der Waals surface area contributed by atoms with Crippen LogP contribution in [0.2, 0.25) is 0 Å². The molecule has 0 atom stereocenters. The highest BCUT2D eigenvalue weighted by Gasteiger charge is 2.19. The summed E-state index contributed by atoms with van der Waals surface area (Å²) in [6.45, 7) is 4.64. The number of hydrogen-bond donors (Lipinski definition) is 0. The highest BCUT2D eigenvalue weighted by Crippen LogP contribution is 2.39. The molecular weight excluding hydrogens is 617 g/mol. The SMILES string of the molecule is C=C1C=C(c2ccc3c4ccccc4n(-c4cc(-c5ccccc5)cc(-c5ccccc5)c4)c3c2)C=CCc2ccccc2N1c1ccccc1. The molecule has 1 aliphatic rings. The van der Waals surface area contributed by atoms with Crippen molar-refractivity contribution >= 4 is 38.8 Å². The first kappa shape index (κ1) is 30.4. The van der Waals surface area contributed by atoms with Gasteiger partial charge in [0.2, 0.25) is 0 Å². The summed E-state index contributed by atoms with van der Waals surface area (Å²) < 4.78 is 2.44. The van der Waals surface area contributed by atoms with Crippen LogP contribution >= 0.6 is 0 Å². The number of rotatable bonds is 5. The van der Waals surface area contributed by atoms with Gasteiger partial charge in [0.05, 0.1) is 11.0 Å². The van der Waals surface area contributed by atoms with Gasteiger partial charge in [-0.15, -0.1) is 0 Å². The van der Waals surface area contributed by atoms with E-state index in [1.165, 1.54) is 49.6 Å². The van der Waals surface area contributed by atoms with Gasteiger partial charge in [-0.2, -0.15) is 0 Å². The molecule has 0 aliphatic carbocycles. The van der Waals surface area contributed by atoms with E-state index in [9.17, 15) is 0 Å². The van der Waals surface area contributed by atoms with Gasteiger partial charge in [-0.25, -0.2) is 0 Å². The molecule has 0 unspecified atom stereocenters. The molecule has 1 aliphatic heterocycles. The molecule has 0 amide bonds. The molecule has 0 spiro atoms. The monoisotopic (exact) mass is 652 g/mol. The smallest absolute Gasteiger partial charge is 0.0547 e. The maximum atomic E-state index is 4.64. The van der Waals surface area contributed by atoms with Crippen molar-refractivity contribution in [1.82, 2.24) is 4.57 Å². The zero-order chi connectivity index (χ0) is 34.1. The van der Waals surface area contributed by atoms with Crippen LogP contribution in [0.4, 0.5) is 11.4 Å². The van der Waals surface area contributed by atoms with Gasteiger partial charge in [0.1, 0.15) is 0 Å². The van der Waals surface area contributed by atoms with Crippen LogP contribution in [0.3, 0.4) is 0 Å². The van der Waals surface area contributed by atoms with Gasteiger partial charge < -0.3 is 9.47 Å². The third-order valence-electron chi connectivity index (χ3n) is 9.89. The number of benzene rings is 7. The van der Waals surface area contributed by atoms with Crippen molar-refractivity contribution in [3.63, 3.8) is 0 Å². The Balaban J connectivity index is 1.25. The molecule has 242 valence electrons. The molecule has 0 N–H and O–H groups in total. The first-order valence-electron chi connectivity index (χ1n) is 17.5. The lowest BCUT2D eigenvalue weighted by Gasteiger charge is -2.27. The van der Waals surface area contributed by atoms with Crippen LogP contribution < -0.4 is 4.90 Å². The highest BCUT2D eigenvalue weighted by molar-refractivity contribution is 6.10. The molecular formula is C49H36N2. The van der Waals surface area contributed by atoms with E-state index in [0.717, 1.165) is 40.3 Å². The standard InChI is InChI=1S/C49H36N2/c1-35-30-39(22-15-21-38-20-11-13-26-47(38)50(35)43-23-9-4-10-24-43)40-28-29-46-45-25-12-14-27-48(45)51(49(46)34-40)44-32-41(36-16-5-2-6-17-36)31-42(33-44)37-18-7-3-8-19-37/h2-20,22-34H,1,21H2. The molecule has 2 heteroatoms. The van der Waals surface area contributed by atoms with Crippen LogP contribution in [-0.4, -0.2) is 4.57 Å². The fourth-order valence-electron chi connectivity index (χ4n) is 7.49. The van der Waals surface area contributed by atoms with Crippen molar-refractivity contribution in [3.05, 3.63) is 218 Å². The Morgan fingerprint density at radius 2 is 1.06 bits per heavy atom. The van der Waals surface area contributed by atoms with E-state index < -0.39 is 0 Å². The fraction of sp³-hybridized carbons (Fsp3) is 0.0204. The first-order valence-corrected chi connectivity index (χ1v) is 17.5. The zero-order valence-corrected chi connectivity index (χ0v) is 28.3. The molecule has 0 fully saturated rings. The number of nitrogens with zero attached hydrogens (tertiary/aromatic N) is 2. The van der Waals surface area contributed by atoms with Gasteiger partial charge in [0, 0.05) is 33.5 Å². The first-order chi connectivity index (χ1) is 25.2. The van der Waals surface area contributed by atoms with Gasteiger partial charge in [0.25, 0.3) is 0 Å². The van der Waals surface area contributed by atoms with E-state index in [4.69, 9.17) is 0 Å². The van der Waals surface area contributed by atoms with Crippen molar-refractivity contribution in [3.8, 4) is 27.9 Å².